The highest BCUT2D eigenvalue weighted by Gasteiger charge is 2.53. The molecule has 0 spiro atoms. The number of rotatable bonds is 7. The number of amides is 2. The minimum absolute atomic E-state index is 0.0608. The lowest BCUT2D eigenvalue weighted by Gasteiger charge is -2.28. The standard InChI is InChI=1S/C20H31N5O4/c1-3-4-25-15(2)16(7-21-25)8-22-9-17-10-24(13-20(17,12-22)14-26)18(27)11-23-5-6-29-19(23)28/h7,17,26H,3-6,8-14H2,1-2H3. The summed E-state index contributed by atoms with van der Waals surface area (Å²) in [6.07, 6.45) is 2.59. The fourth-order valence-corrected chi connectivity index (χ4v) is 4.98. The Morgan fingerprint density at radius 3 is 2.86 bits per heavy atom. The molecule has 0 aromatic carbocycles. The zero-order valence-electron chi connectivity index (χ0n) is 17.3. The van der Waals surface area contributed by atoms with Gasteiger partial charge in [-0.15, -0.1) is 0 Å². The molecule has 0 bridgehead atoms. The van der Waals surface area contributed by atoms with Gasteiger partial charge in [-0.3, -0.25) is 19.3 Å². The number of fused-ring (bicyclic) bond motifs is 1. The topological polar surface area (TPSA) is 91.1 Å². The number of aliphatic hydroxyl groups excluding tert-OH is 1. The molecular formula is C20H31N5O4. The number of aliphatic hydroxyl groups is 1. The van der Waals surface area contributed by atoms with Crippen molar-refractivity contribution in [2.24, 2.45) is 11.3 Å². The zero-order valence-corrected chi connectivity index (χ0v) is 17.3. The third-order valence-corrected chi connectivity index (χ3v) is 6.70. The summed E-state index contributed by atoms with van der Waals surface area (Å²) in [5.41, 5.74) is 2.15. The summed E-state index contributed by atoms with van der Waals surface area (Å²) in [7, 11) is 0. The highest BCUT2D eigenvalue weighted by Crippen LogP contribution is 2.42. The summed E-state index contributed by atoms with van der Waals surface area (Å²) in [6.45, 7) is 9.74. The van der Waals surface area contributed by atoms with E-state index in [0.29, 0.717) is 26.2 Å². The van der Waals surface area contributed by atoms with Crippen molar-refractivity contribution in [2.45, 2.75) is 33.4 Å². The molecule has 3 saturated heterocycles. The molecule has 1 aromatic heterocycles. The Balaban J connectivity index is 1.37. The van der Waals surface area contributed by atoms with Crippen LogP contribution in [0.25, 0.3) is 0 Å². The van der Waals surface area contributed by atoms with Gasteiger partial charge in [0.25, 0.3) is 0 Å². The molecule has 4 rings (SSSR count). The highest BCUT2D eigenvalue weighted by atomic mass is 16.6. The van der Waals surface area contributed by atoms with Gasteiger partial charge in [0.05, 0.1) is 19.3 Å². The molecule has 0 radical (unpaired) electrons. The third-order valence-electron chi connectivity index (χ3n) is 6.70. The molecule has 2 amide bonds. The van der Waals surface area contributed by atoms with Crippen LogP contribution < -0.4 is 0 Å². The lowest BCUT2D eigenvalue weighted by Crippen LogP contribution is -2.43. The lowest BCUT2D eigenvalue weighted by atomic mass is 9.82. The molecule has 0 aliphatic carbocycles. The Morgan fingerprint density at radius 2 is 2.21 bits per heavy atom. The van der Waals surface area contributed by atoms with Gasteiger partial charge in [0.15, 0.2) is 0 Å². The van der Waals surface area contributed by atoms with Gasteiger partial charge in [-0.05, 0) is 19.3 Å². The van der Waals surface area contributed by atoms with Gasteiger partial charge in [-0.2, -0.15) is 5.10 Å². The summed E-state index contributed by atoms with van der Waals surface area (Å²) in [4.78, 5) is 29.9. The van der Waals surface area contributed by atoms with Crippen LogP contribution in [0.1, 0.15) is 24.6 Å². The van der Waals surface area contributed by atoms with Gasteiger partial charge in [0.1, 0.15) is 13.2 Å². The first-order valence-corrected chi connectivity index (χ1v) is 10.5. The second kappa shape index (κ2) is 7.95. The molecule has 9 heteroatoms. The van der Waals surface area contributed by atoms with Crippen molar-refractivity contribution in [2.75, 3.05) is 52.5 Å². The highest BCUT2D eigenvalue weighted by molar-refractivity contribution is 5.83. The quantitative estimate of drug-likeness (QED) is 0.702. The van der Waals surface area contributed by atoms with E-state index in [0.717, 1.165) is 32.6 Å². The van der Waals surface area contributed by atoms with Gasteiger partial charge in [-0.1, -0.05) is 6.92 Å². The van der Waals surface area contributed by atoms with E-state index in [4.69, 9.17) is 4.74 Å². The molecule has 4 heterocycles. The van der Waals surface area contributed by atoms with Crippen LogP contribution in [0.3, 0.4) is 0 Å². The fourth-order valence-electron chi connectivity index (χ4n) is 4.98. The van der Waals surface area contributed by atoms with Gasteiger partial charge >= 0.3 is 6.09 Å². The van der Waals surface area contributed by atoms with E-state index < -0.39 is 6.09 Å². The molecule has 2 atom stereocenters. The van der Waals surface area contributed by atoms with Crippen LogP contribution in [-0.2, 0) is 22.6 Å². The van der Waals surface area contributed by atoms with Crippen molar-refractivity contribution in [1.29, 1.82) is 0 Å². The summed E-state index contributed by atoms with van der Waals surface area (Å²) in [5.74, 6) is 0.183. The SMILES string of the molecule is CCCn1ncc(CN2CC3CN(C(=O)CN4CCOC4=O)CC3(CO)C2)c1C. The number of aryl methyl sites for hydroxylation is 1. The Kier molecular flexibility index (Phi) is 5.52. The van der Waals surface area contributed by atoms with Crippen LogP contribution in [-0.4, -0.2) is 94.1 Å². The molecule has 2 unspecified atom stereocenters. The van der Waals surface area contributed by atoms with Crippen molar-refractivity contribution >= 4 is 12.0 Å². The molecule has 1 aromatic rings. The van der Waals surface area contributed by atoms with Crippen LogP contribution in [0.5, 0.6) is 0 Å². The lowest BCUT2D eigenvalue weighted by molar-refractivity contribution is -0.131. The molecule has 1 N–H and O–H groups in total. The largest absolute Gasteiger partial charge is 0.448 e. The summed E-state index contributed by atoms with van der Waals surface area (Å²) < 4.78 is 6.96. The Bertz CT molecular complexity index is 781. The van der Waals surface area contributed by atoms with Crippen molar-refractivity contribution in [3.63, 3.8) is 0 Å². The molecule has 0 saturated carbocycles. The number of nitrogens with zero attached hydrogens (tertiary/aromatic N) is 5. The van der Waals surface area contributed by atoms with E-state index in [-0.39, 0.29) is 30.4 Å². The zero-order chi connectivity index (χ0) is 20.6. The van der Waals surface area contributed by atoms with Crippen LogP contribution >= 0.6 is 0 Å². The summed E-state index contributed by atoms with van der Waals surface area (Å²) in [6, 6.07) is 0. The number of carbonyl (C=O) groups is 2. The first-order valence-electron chi connectivity index (χ1n) is 10.5. The van der Waals surface area contributed by atoms with Gasteiger partial charge in [0.2, 0.25) is 5.91 Å². The average molecular weight is 405 g/mol. The monoisotopic (exact) mass is 405 g/mol. The van der Waals surface area contributed by atoms with E-state index in [9.17, 15) is 14.7 Å². The maximum atomic E-state index is 12.7. The summed E-state index contributed by atoms with van der Waals surface area (Å²) in [5, 5.41) is 14.7. The van der Waals surface area contributed by atoms with E-state index in [1.165, 1.54) is 16.2 Å². The Hall–Kier alpha value is -2.13. The number of ether oxygens (including phenoxy) is 1. The molecule has 160 valence electrons. The molecule has 3 aliphatic heterocycles. The second-order valence-electron chi connectivity index (χ2n) is 8.68. The van der Waals surface area contributed by atoms with Gasteiger partial charge in [-0.25, -0.2) is 4.79 Å². The van der Waals surface area contributed by atoms with Crippen LogP contribution in [0.2, 0.25) is 0 Å². The minimum Gasteiger partial charge on any atom is -0.448 e. The number of carbonyl (C=O) groups excluding carboxylic acids is 2. The maximum Gasteiger partial charge on any atom is 0.410 e. The van der Waals surface area contributed by atoms with E-state index in [1.54, 1.807) is 0 Å². The van der Waals surface area contributed by atoms with E-state index >= 15 is 0 Å². The first-order chi connectivity index (χ1) is 14.0. The number of likely N-dealkylation sites (tertiary alicyclic amines) is 2. The fraction of sp³-hybridized carbons (Fsp3) is 0.750. The maximum absolute atomic E-state index is 12.7. The van der Waals surface area contributed by atoms with E-state index in [1.807, 2.05) is 11.1 Å². The number of hydrogen-bond donors (Lipinski definition) is 1. The van der Waals surface area contributed by atoms with Crippen molar-refractivity contribution < 1.29 is 19.4 Å². The van der Waals surface area contributed by atoms with Crippen molar-refractivity contribution in [3.8, 4) is 0 Å². The summed E-state index contributed by atoms with van der Waals surface area (Å²) >= 11 is 0. The third kappa shape index (κ3) is 3.73. The Labute approximate surface area is 171 Å². The molecule has 9 nitrogen and oxygen atoms in total. The number of hydrogen-bond acceptors (Lipinski definition) is 6. The van der Waals surface area contributed by atoms with Crippen LogP contribution in [0.15, 0.2) is 6.20 Å². The van der Waals surface area contributed by atoms with Gasteiger partial charge in [0, 0.05) is 55.9 Å². The van der Waals surface area contributed by atoms with Crippen LogP contribution in [0, 0.1) is 18.3 Å². The number of aromatic nitrogens is 2. The molecular weight excluding hydrogens is 374 g/mol. The van der Waals surface area contributed by atoms with Crippen molar-refractivity contribution in [1.82, 2.24) is 24.5 Å². The predicted octanol–water partition coefficient (Wildman–Crippen LogP) is 0.306. The molecule has 3 fully saturated rings. The van der Waals surface area contributed by atoms with Crippen LogP contribution in [0.4, 0.5) is 4.79 Å². The predicted molar refractivity (Wildman–Crippen MR) is 105 cm³/mol. The molecule has 3 aliphatic rings. The first kappa shape index (κ1) is 20.2. The minimum atomic E-state index is -0.417. The number of cyclic esters (lactones) is 1. The van der Waals surface area contributed by atoms with Gasteiger partial charge < -0.3 is 14.7 Å². The Morgan fingerprint density at radius 1 is 1.38 bits per heavy atom. The average Bonchev–Trinajstić information content (AvgIpc) is 3.42. The molecule has 29 heavy (non-hydrogen) atoms. The second-order valence-corrected chi connectivity index (χ2v) is 8.68. The van der Waals surface area contributed by atoms with E-state index in [2.05, 4.69) is 28.5 Å². The smallest absolute Gasteiger partial charge is 0.410 e. The van der Waals surface area contributed by atoms with Crippen molar-refractivity contribution in [3.05, 3.63) is 17.5 Å². The normalized spacial score (nSPS) is 27.0.